The fourth-order valence-corrected chi connectivity index (χ4v) is 1.39. The van der Waals surface area contributed by atoms with E-state index < -0.39 is 17.8 Å². The van der Waals surface area contributed by atoms with E-state index in [1.165, 1.54) is 13.2 Å². The van der Waals surface area contributed by atoms with E-state index in [-0.39, 0.29) is 6.42 Å². The number of hydrogen-bond donors (Lipinski definition) is 2. The smallest absolute Gasteiger partial charge is 0.217 e. The average molecular weight is 226 g/mol. The molecule has 4 N–H and O–H groups in total. The quantitative estimate of drug-likeness (QED) is 0.789. The molecule has 0 bridgehead atoms. The molecule has 0 saturated heterocycles. The Morgan fingerprint density at radius 3 is 2.75 bits per heavy atom. The van der Waals surface area contributed by atoms with Gasteiger partial charge in [0.1, 0.15) is 11.6 Å². The lowest BCUT2D eigenvalue weighted by atomic mass is 10.0. The minimum Gasteiger partial charge on any atom is -0.497 e. The molecule has 88 valence electrons. The van der Waals surface area contributed by atoms with Crippen molar-refractivity contribution < 1.29 is 13.9 Å². The number of hydrogen-bond acceptors (Lipinski definition) is 3. The van der Waals surface area contributed by atoms with Gasteiger partial charge in [0.25, 0.3) is 0 Å². The second-order valence-electron chi connectivity index (χ2n) is 3.50. The predicted octanol–water partition coefficient (Wildman–Crippen LogP) is 1.10. The third-order valence-electron chi connectivity index (χ3n) is 2.31. The van der Waals surface area contributed by atoms with Crippen molar-refractivity contribution in [3.8, 4) is 5.75 Å². The highest BCUT2D eigenvalue weighted by atomic mass is 19.1. The normalized spacial score (nSPS) is 12.2. The number of carbonyl (C=O) groups excluding carboxylic acids is 1. The molecule has 0 aliphatic heterocycles. The second kappa shape index (κ2) is 5.46. The van der Waals surface area contributed by atoms with Gasteiger partial charge in [-0.15, -0.1) is 0 Å². The van der Waals surface area contributed by atoms with Gasteiger partial charge in [-0.1, -0.05) is 6.07 Å². The molecule has 0 aromatic heterocycles. The molecular weight excluding hydrogens is 211 g/mol. The summed E-state index contributed by atoms with van der Waals surface area (Å²) in [6.45, 7) is 0. The first-order chi connectivity index (χ1) is 7.54. The first-order valence-corrected chi connectivity index (χ1v) is 4.92. The van der Waals surface area contributed by atoms with Gasteiger partial charge in [-0.2, -0.15) is 0 Å². The number of primary amides is 1. The number of benzene rings is 1. The molecule has 0 heterocycles. The van der Waals surface area contributed by atoms with Crippen LogP contribution in [0.4, 0.5) is 4.39 Å². The summed E-state index contributed by atoms with van der Waals surface area (Å²) >= 11 is 0. The molecule has 1 aromatic rings. The maximum Gasteiger partial charge on any atom is 0.217 e. The van der Waals surface area contributed by atoms with E-state index in [1.54, 1.807) is 12.1 Å². The molecule has 1 unspecified atom stereocenters. The fourth-order valence-electron chi connectivity index (χ4n) is 1.39. The molecule has 1 aromatic carbocycles. The Morgan fingerprint density at radius 1 is 1.56 bits per heavy atom. The van der Waals surface area contributed by atoms with Gasteiger partial charge < -0.3 is 16.2 Å². The first-order valence-electron chi connectivity index (χ1n) is 4.92. The zero-order valence-corrected chi connectivity index (χ0v) is 9.07. The lowest BCUT2D eigenvalue weighted by molar-refractivity contribution is -0.118. The number of methoxy groups -OCH3 is 1. The molecule has 0 spiro atoms. The standard InChI is InChI=1S/C11H15FN2O2/c1-16-7-2-3-8(9(12)6-7)10(13)4-5-11(14)15/h2-3,6,10H,4-5,13H2,1H3,(H2,14,15). The van der Waals surface area contributed by atoms with Gasteiger partial charge >= 0.3 is 0 Å². The third-order valence-corrected chi connectivity index (χ3v) is 2.31. The molecule has 5 heteroatoms. The van der Waals surface area contributed by atoms with Crippen molar-refractivity contribution in [3.05, 3.63) is 29.6 Å². The van der Waals surface area contributed by atoms with Crippen LogP contribution in [0.3, 0.4) is 0 Å². The summed E-state index contributed by atoms with van der Waals surface area (Å²) in [5, 5.41) is 0. The van der Waals surface area contributed by atoms with E-state index in [0.29, 0.717) is 17.7 Å². The molecular formula is C11H15FN2O2. The zero-order chi connectivity index (χ0) is 12.1. The van der Waals surface area contributed by atoms with Crippen LogP contribution in [0.25, 0.3) is 0 Å². The van der Waals surface area contributed by atoms with E-state index >= 15 is 0 Å². The minimum absolute atomic E-state index is 0.145. The molecule has 1 amide bonds. The highest BCUT2D eigenvalue weighted by molar-refractivity contribution is 5.73. The maximum absolute atomic E-state index is 13.5. The van der Waals surface area contributed by atoms with Crippen molar-refractivity contribution in [1.29, 1.82) is 0 Å². The minimum atomic E-state index is -0.529. The Kier molecular flexibility index (Phi) is 4.25. The first kappa shape index (κ1) is 12.4. The van der Waals surface area contributed by atoms with Gasteiger partial charge in [-0.3, -0.25) is 4.79 Å². The molecule has 16 heavy (non-hydrogen) atoms. The second-order valence-corrected chi connectivity index (χ2v) is 3.50. The Balaban J connectivity index is 2.75. The van der Waals surface area contributed by atoms with Crippen LogP contribution in [0.5, 0.6) is 5.75 Å². The Labute approximate surface area is 93.4 Å². The Bertz CT molecular complexity index is 382. The summed E-state index contributed by atoms with van der Waals surface area (Å²) in [6, 6.07) is 3.92. The van der Waals surface area contributed by atoms with Gasteiger partial charge in [0.15, 0.2) is 0 Å². The number of ether oxygens (including phenoxy) is 1. The van der Waals surface area contributed by atoms with Crippen LogP contribution in [0.2, 0.25) is 0 Å². The Hall–Kier alpha value is -1.62. The van der Waals surface area contributed by atoms with Gasteiger partial charge in [0, 0.05) is 24.1 Å². The summed E-state index contributed by atoms with van der Waals surface area (Å²) < 4.78 is 18.4. The largest absolute Gasteiger partial charge is 0.497 e. The molecule has 1 atom stereocenters. The summed E-state index contributed by atoms with van der Waals surface area (Å²) in [5.74, 6) is -0.441. The van der Waals surface area contributed by atoms with Gasteiger partial charge in [-0.25, -0.2) is 4.39 Å². The van der Waals surface area contributed by atoms with Crippen molar-refractivity contribution in [3.63, 3.8) is 0 Å². The Morgan fingerprint density at radius 2 is 2.25 bits per heavy atom. The van der Waals surface area contributed by atoms with Gasteiger partial charge in [-0.05, 0) is 12.5 Å². The maximum atomic E-state index is 13.5. The zero-order valence-electron chi connectivity index (χ0n) is 9.07. The van der Waals surface area contributed by atoms with Crippen molar-refractivity contribution in [1.82, 2.24) is 0 Å². The van der Waals surface area contributed by atoms with E-state index in [4.69, 9.17) is 16.2 Å². The monoisotopic (exact) mass is 226 g/mol. The van der Waals surface area contributed by atoms with Crippen LogP contribution < -0.4 is 16.2 Å². The van der Waals surface area contributed by atoms with E-state index in [1.807, 2.05) is 0 Å². The number of rotatable bonds is 5. The van der Waals surface area contributed by atoms with E-state index in [2.05, 4.69) is 0 Å². The van der Waals surface area contributed by atoms with Crippen LogP contribution in [0, 0.1) is 5.82 Å². The van der Waals surface area contributed by atoms with Crippen LogP contribution in [0.1, 0.15) is 24.4 Å². The van der Waals surface area contributed by atoms with Crippen molar-refractivity contribution in [2.75, 3.05) is 7.11 Å². The summed E-state index contributed by atoms with van der Waals surface area (Å²) in [7, 11) is 1.46. The van der Waals surface area contributed by atoms with Crippen LogP contribution in [-0.2, 0) is 4.79 Å². The molecule has 0 saturated carbocycles. The predicted molar refractivity (Wildman–Crippen MR) is 58.3 cm³/mol. The van der Waals surface area contributed by atoms with Crippen molar-refractivity contribution in [2.45, 2.75) is 18.9 Å². The average Bonchev–Trinajstić information content (AvgIpc) is 2.25. The highest BCUT2D eigenvalue weighted by Gasteiger charge is 2.13. The highest BCUT2D eigenvalue weighted by Crippen LogP contribution is 2.23. The van der Waals surface area contributed by atoms with Crippen LogP contribution in [-0.4, -0.2) is 13.0 Å². The lowest BCUT2D eigenvalue weighted by Crippen LogP contribution is -2.17. The van der Waals surface area contributed by atoms with Crippen molar-refractivity contribution >= 4 is 5.91 Å². The number of carbonyl (C=O) groups is 1. The number of nitrogens with two attached hydrogens (primary N) is 2. The van der Waals surface area contributed by atoms with Crippen LogP contribution in [0.15, 0.2) is 18.2 Å². The van der Waals surface area contributed by atoms with Crippen LogP contribution >= 0.6 is 0 Å². The molecule has 0 radical (unpaired) electrons. The molecule has 4 nitrogen and oxygen atoms in total. The summed E-state index contributed by atoms with van der Waals surface area (Å²) in [4.78, 5) is 10.6. The van der Waals surface area contributed by atoms with E-state index in [0.717, 1.165) is 0 Å². The van der Waals surface area contributed by atoms with E-state index in [9.17, 15) is 9.18 Å². The lowest BCUT2D eigenvalue weighted by Gasteiger charge is -2.12. The number of amides is 1. The summed E-state index contributed by atoms with van der Waals surface area (Å²) in [6.07, 6.45) is 0.477. The van der Waals surface area contributed by atoms with Crippen molar-refractivity contribution in [2.24, 2.45) is 11.5 Å². The number of halogens is 1. The molecule has 0 aliphatic carbocycles. The molecule has 0 aliphatic rings. The molecule has 0 fully saturated rings. The van der Waals surface area contributed by atoms with Gasteiger partial charge in [0.2, 0.25) is 5.91 Å². The SMILES string of the molecule is COc1ccc(C(N)CCC(N)=O)c(F)c1. The third kappa shape index (κ3) is 3.20. The topological polar surface area (TPSA) is 78.3 Å². The fraction of sp³-hybridized carbons (Fsp3) is 0.364. The van der Waals surface area contributed by atoms with Gasteiger partial charge in [0.05, 0.1) is 7.11 Å². The molecule has 1 rings (SSSR count). The summed E-state index contributed by atoms with van der Waals surface area (Å²) in [5.41, 5.74) is 11.1.